The van der Waals surface area contributed by atoms with Crippen molar-refractivity contribution in [2.75, 3.05) is 26.3 Å². The van der Waals surface area contributed by atoms with Crippen LogP contribution in [0, 0.1) is 0 Å². The van der Waals surface area contributed by atoms with Gasteiger partial charge in [0.2, 0.25) is 11.7 Å². The van der Waals surface area contributed by atoms with Gasteiger partial charge in [-0.25, -0.2) is 14.8 Å². The number of aromatic nitrogens is 2. The lowest BCUT2D eigenvalue weighted by Gasteiger charge is -2.27. The number of carbonyl (C=O) groups is 2. The van der Waals surface area contributed by atoms with Crippen molar-refractivity contribution in [1.29, 1.82) is 0 Å². The molecule has 1 atom stereocenters. The lowest BCUT2D eigenvalue weighted by molar-refractivity contribution is -0.144. The molecule has 4 heterocycles. The van der Waals surface area contributed by atoms with E-state index in [1.807, 2.05) is 24.1 Å². The van der Waals surface area contributed by atoms with Crippen LogP contribution < -0.4 is 5.43 Å². The van der Waals surface area contributed by atoms with E-state index in [4.69, 9.17) is 14.2 Å². The van der Waals surface area contributed by atoms with Crippen molar-refractivity contribution in [3.8, 4) is 0 Å². The molecule has 2 aromatic heterocycles. The zero-order chi connectivity index (χ0) is 21.1. The van der Waals surface area contributed by atoms with Crippen LogP contribution in [0.1, 0.15) is 25.8 Å². The van der Waals surface area contributed by atoms with E-state index in [2.05, 4.69) is 15.4 Å². The topological polar surface area (TPSA) is 106 Å². The molecule has 2 aliphatic rings. The quantitative estimate of drug-likeness (QED) is 0.421. The van der Waals surface area contributed by atoms with Crippen LogP contribution in [0.25, 0.3) is 17.1 Å². The van der Waals surface area contributed by atoms with Crippen LogP contribution in [0.3, 0.4) is 0 Å². The average molecular weight is 412 g/mol. The van der Waals surface area contributed by atoms with Crippen LogP contribution in [0.2, 0.25) is 0 Å². The standard InChI is InChI=1S/C21H24N4O5/c1-3-13(2)29-21(27)17-18(26)16(30-20(17)24-25-7-9-28-10-8-25)11-14-12-23-19-15(14)5-4-6-22-19/h4-6,11-13,24H,3,7-10H2,1-2H3,(H,22,23)/b16-11-/t13-/m1/s1. The maximum atomic E-state index is 13.1. The number of pyridine rings is 1. The fraction of sp³-hybridized carbons (Fsp3) is 0.381. The normalized spacial score (nSPS) is 19.9. The highest BCUT2D eigenvalue weighted by molar-refractivity contribution is 6.26. The Bertz CT molecular complexity index is 1020. The lowest BCUT2D eigenvalue weighted by Crippen LogP contribution is -2.45. The number of allylic oxidation sites excluding steroid dienone is 1. The maximum absolute atomic E-state index is 13.1. The number of aromatic amines is 1. The van der Waals surface area contributed by atoms with Gasteiger partial charge in [-0.3, -0.25) is 10.2 Å². The smallest absolute Gasteiger partial charge is 0.348 e. The minimum absolute atomic E-state index is 0.0478. The van der Waals surface area contributed by atoms with Gasteiger partial charge in [-0.15, -0.1) is 0 Å². The summed E-state index contributed by atoms with van der Waals surface area (Å²) in [5.74, 6) is -1.09. The predicted octanol–water partition coefficient (Wildman–Crippen LogP) is 1.89. The second-order valence-corrected chi connectivity index (χ2v) is 7.12. The minimum atomic E-state index is -0.700. The molecule has 30 heavy (non-hydrogen) atoms. The molecule has 0 amide bonds. The van der Waals surface area contributed by atoms with Crippen LogP contribution in [0.4, 0.5) is 0 Å². The second kappa shape index (κ2) is 8.68. The third-order valence-corrected chi connectivity index (χ3v) is 5.02. The van der Waals surface area contributed by atoms with E-state index >= 15 is 0 Å². The zero-order valence-electron chi connectivity index (χ0n) is 16.9. The summed E-state index contributed by atoms with van der Waals surface area (Å²) in [6, 6.07) is 3.71. The summed E-state index contributed by atoms with van der Waals surface area (Å²) in [5, 5.41) is 2.70. The van der Waals surface area contributed by atoms with Gasteiger partial charge < -0.3 is 19.2 Å². The number of carbonyl (C=O) groups excluding carboxylic acids is 2. The van der Waals surface area contributed by atoms with E-state index in [0.29, 0.717) is 38.4 Å². The van der Waals surface area contributed by atoms with E-state index < -0.39 is 11.8 Å². The highest BCUT2D eigenvalue weighted by atomic mass is 16.6. The number of fused-ring (bicyclic) bond motifs is 1. The Hall–Kier alpha value is -3.17. The lowest BCUT2D eigenvalue weighted by atomic mass is 10.1. The number of hydrogen-bond acceptors (Lipinski definition) is 8. The summed E-state index contributed by atoms with van der Waals surface area (Å²) in [6.45, 7) is 5.98. The first kappa shape index (κ1) is 20.1. The Morgan fingerprint density at radius 3 is 3.00 bits per heavy atom. The molecule has 2 aromatic rings. The van der Waals surface area contributed by atoms with Gasteiger partial charge in [-0.1, -0.05) is 6.92 Å². The van der Waals surface area contributed by atoms with Crippen molar-refractivity contribution in [3.05, 3.63) is 47.3 Å². The summed E-state index contributed by atoms with van der Waals surface area (Å²) in [7, 11) is 0. The summed E-state index contributed by atoms with van der Waals surface area (Å²) < 4.78 is 16.6. The fourth-order valence-corrected chi connectivity index (χ4v) is 3.17. The van der Waals surface area contributed by atoms with Gasteiger partial charge in [0, 0.05) is 36.4 Å². The molecule has 2 N–H and O–H groups in total. The molecule has 4 rings (SSSR count). The van der Waals surface area contributed by atoms with E-state index in [1.54, 1.807) is 25.4 Å². The molecule has 0 aliphatic carbocycles. The van der Waals surface area contributed by atoms with Crippen LogP contribution in [-0.4, -0.2) is 59.1 Å². The number of hydrogen-bond donors (Lipinski definition) is 2. The molecule has 0 saturated carbocycles. The van der Waals surface area contributed by atoms with Gasteiger partial charge in [0.1, 0.15) is 5.65 Å². The van der Waals surface area contributed by atoms with Crippen molar-refractivity contribution in [2.24, 2.45) is 0 Å². The Kier molecular flexibility index (Phi) is 5.82. The van der Waals surface area contributed by atoms with E-state index in [-0.39, 0.29) is 23.3 Å². The third-order valence-electron chi connectivity index (χ3n) is 5.02. The van der Waals surface area contributed by atoms with E-state index in [0.717, 1.165) is 10.9 Å². The molecule has 9 nitrogen and oxygen atoms in total. The second-order valence-electron chi connectivity index (χ2n) is 7.12. The summed E-state index contributed by atoms with van der Waals surface area (Å²) in [6.07, 6.45) is 5.36. The number of hydrazine groups is 1. The molecular formula is C21H24N4O5. The van der Waals surface area contributed by atoms with Crippen LogP contribution in [0.5, 0.6) is 0 Å². The number of ether oxygens (including phenoxy) is 3. The average Bonchev–Trinajstić information content (AvgIpc) is 3.30. The molecule has 0 aromatic carbocycles. The molecule has 1 fully saturated rings. The molecule has 0 spiro atoms. The van der Waals surface area contributed by atoms with Gasteiger partial charge in [-0.05, 0) is 31.6 Å². The largest absolute Gasteiger partial charge is 0.459 e. The molecule has 0 unspecified atom stereocenters. The first-order valence-corrected chi connectivity index (χ1v) is 9.97. The molecule has 1 saturated heterocycles. The minimum Gasteiger partial charge on any atom is -0.459 e. The number of nitrogens with one attached hydrogen (secondary N) is 2. The number of nitrogens with zero attached hydrogens (tertiary/aromatic N) is 2. The number of H-pyrrole nitrogens is 1. The molecular weight excluding hydrogens is 388 g/mol. The Morgan fingerprint density at radius 1 is 1.43 bits per heavy atom. The highest BCUT2D eigenvalue weighted by Gasteiger charge is 2.38. The first-order chi connectivity index (χ1) is 14.6. The van der Waals surface area contributed by atoms with Crippen molar-refractivity contribution < 1.29 is 23.8 Å². The zero-order valence-corrected chi connectivity index (χ0v) is 16.9. The number of Topliss-reactive ketones (excluding diaryl/α,β-unsaturated/α-hetero) is 1. The third kappa shape index (κ3) is 4.07. The fourth-order valence-electron chi connectivity index (χ4n) is 3.17. The van der Waals surface area contributed by atoms with Crippen LogP contribution in [0.15, 0.2) is 41.7 Å². The summed E-state index contributed by atoms with van der Waals surface area (Å²) in [4.78, 5) is 33.1. The first-order valence-electron chi connectivity index (χ1n) is 9.97. The number of ketones is 1. The van der Waals surface area contributed by atoms with Crippen molar-refractivity contribution in [2.45, 2.75) is 26.4 Å². The van der Waals surface area contributed by atoms with Gasteiger partial charge >= 0.3 is 5.97 Å². The number of esters is 1. The molecule has 0 bridgehead atoms. The maximum Gasteiger partial charge on any atom is 0.348 e. The summed E-state index contributed by atoms with van der Waals surface area (Å²) in [5.41, 5.74) is 4.35. The molecule has 158 valence electrons. The SMILES string of the molecule is CC[C@@H](C)OC(=O)C1=C(NN2CCOCC2)O/C(=C\c2c[nH]c3ncccc23)C1=O. The summed E-state index contributed by atoms with van der Waals surface area (Å²) >= 11 is 0. The van der Waals surface area contributed by atoms with Crippen molar-refractivity contribution >= 4 is 28.9 Å². The van der Waals surface area contributed by atoms with Crippen molar-refractivity contribution in [1.82, 2.24) is 20.4 Å². The van der Waals surface area contributed by atoms with Gasteiger partial charge in [0.15, 0.2) is 11.3 Å². The number of rotatable bonds is 6. The van der Waals surface area contributed by atoms with Crippen molar-refractivity contribution in [3.63, 3.8) is 0 Å². The van der Waals surface area contributed by atoms with E-state index in [9.17, 15) is 9.59 Å². The Balaban J connectivity index is 1.64. The Morgan fingerprint density at radius 2 is 2.23 bits per heavy atom. The van der Waals surface area contributed by atoms with E-state index in [1.165, 1.54) is 0 Å². The predicted molar refractivity (Wildman–Crippen MR) is 109 cm³/mol. The highest BCUT2D eigenvalue weighted by Crippen LogP contribution is 2.28. The van der Waals surface area contributed by atoms with Crippen LogP contribution >= 0.6 is 0 Å². The van der Waals surface area contributed by atoms with Gasteiger partial charge in [-0.2, -0.15) is 0 Å². The number of morpholine rings is 1. The van der Waals surface area contributed by atoms with Gasteiger partial charge in [0.25, 0.3) is 0 Å². The van der Waals surface area contributed by atoms with Gasteiger partial charge in [0.05, 0.1) is 19.3 Å². The molecule has 9 heteroatoms. The monoisotopic (exact) mass is 412 g/mol. The molecule has 2 aliphatic heterocycles. The Labute approximate surface area is 173 Å². The molecule has 0 radical (unpaired) electrons. The van der Waals surface area contributed by atoms with Crippen LogP contribution in [-0.2, 0) is 23.8 Å².